The Morgan fingerprint density at radius 2 is 2.25 bits per heavy atom. The third kappa shape index (κ3) is 2.30. The van der Waals surface area contributed by atoms with Crippen LogP contribution in [0.25, 0.3) is 11.3 Å². The molecule has 1 aliphatic heterocycles. The number of amides is 1. The highest BCUT2D eigenvalue weighted by atomic mass is 19.1. The van der Waals surface area contributed by atoms with Gasteiger partial charge in [-0.05, 0) is 18.6 Å². The number of hydrogen-bond acceptors (Lipinski definition) is 4. The second kappa shape index (κ2) is 5.05. The van der Waals surface area contributed by atoms with Crippen LogP contribution in [0.1, 0.15) is 16.9 Å². The maximum atomic E-state index is 13.6. The van der Waals surface area contributed by atoms with Crippen molar-refractivity contribution in [1.82, 2.24) is 10.1 Å². The molecule has 5 nitrogen and oxygen atoms in total. The first-order valence-electron chi connectivity index (χ1n) is 6.34. The van der Waals surface area contributed by atoms with Crippen LogP contribution in [-0.4, -0.2) is 40.3 Å². The fourth-order valence-electron chi connectivity index (χ4n) is 2.25. The predicted octanol–water partition coefficient (Wildman–Crippen LogP) is 1.69. The lowest BCUT2D eigenvalue weighted by atomic mass is 10.1. The van der Waals surface area contributed by atoms with Crippen molar-refractivity contribution < 1.29 is 18.8 Å². The molecular weight excluding hydrogens is 263 g/mol. The molecule has 0 bridgehead atoms. The van der Waals surface area contributed by atoms with E-state index in [1.807, 2.05) is 0 Å². The third-order valence-corrected chi connectivity index (χ3v) is 3.32. The summed E-state index contributed by atoms with van der Waals surface area (Å²) in [5.41, 5.74) is 0.387. The summed E-state index contributed by atoms with van der Waals surface area (Å²) in [6, 6.07) is 7.55. The highest BCUT2D eigenvalue weighted by Gasteiger charge is 2.27. The molecule has 104 valence electrons. The van der Waals surface area contributed by atoms with Gasteiger partial charge in [0.2, 0.25) is 0 Å². The Hall–Kier alpha value is -2.21. The first kappa shape index (κ1) is 12.8. The lowest BCUT2D eigenvalue weighted by Crippen LogP contribution is -2.29. The highest BCUT2D eigenvalue weighted by molar-refractivity contribution is 5.93. The highest BCUT2D eigenvalue weighted by Crippen LogP contribution is 2.24. The number of carbonyl (C=O) groups is 1. The monoisotopic (exact) mass is 276 g/mol. The Balaban J connectivity index is 1.84. The van der Waals surface area contributed by atoms with Gasteiger partial charge in [0.05, 0.1) is 11.7 Å². The number of carbonyl (C=O) groups excluding carboxylic acids is 1. The lowest BCUT2D eigenvalue weighted by molar-refractivity contribution is 0.0755. The number of benzene rings is 1. The molecular formula is C14H13FN2O3. The number of aromatic nitrogens is 1. The van der Waals surface area contributed by atoms with E-state index in [1.54, 1.807) is 18.2 Å². The molecule has 1 aliphatic rings. The van der Waals surface area contributed by atoms with E-state index in [-0.39, 0.29) is 22.9 Å². The smallest absolute Gasteiger partial charge is 0.276 e. The minimum atomic E-state index is -0.489. The molecule has 0 saturated carbocycles. The molecule has 0 radical (unpaired) electrons. The van der Waals surface area contributed by atoms with Gasteiger partial charge in [-0.3, -0.25) is 4.79 Å². The number of hydrogen-bond donors (Lipinski definition) is 1. The van der Waals surface area contributed by atoms with E-state index in [0.717, 1.165) is 0 Å². The summed E-state index contributed by atoms with van der Waals surface area (Å²) in [6.45, 7) is 0.780. The van der Waals surface area contributed by atoms with E-state index in [2.05, 4.69) is 5.16 Å². The third-order valence-electron chi connectivity index (χ3n) is 3.32. The fourth-order valence-corrected chi connectivity index (χ4v) is 2.25. The minimum absolute atomic E-state index is 0.123. The molecule has 1 atom stereocenters. The zero-order valence-corrected chi connectivity index (χ0v) is 10.6. The lowest BCUT2D eigenvalue weighted by Gasteiger charge is -2.12. The first-order chi connectivity index (χ1) is 9.65. The van der Waals surface area contributed by atoms with Crippen molar-refractivity contribution in [3.8, 4) is 11.3 Å². The normalized spacial score (nSPS) is 18.5. The van der Waals surface area contributed by atoms with Gasteiger partial charge in [-0.2, -0.15) is 0 Å². The molecule has 0 aliphatic carbocycles. The first-order valence-corrected chi connectivity index (χ1v) is 6.34. The topological polar surface area (TPSA) is 66.6 Å². The largest absolute Gasteiger partial charge is 0.391 e. The van der Waals surface area contributed by atoms with E-state index in [0.29, 0.717) is 19.5 Å². The molecule has 1 aromatic heterocycles. The molecule has 1 N–H and O–H groups in total. The SMILES string of the molecule is O=C(c1cc(-c2ccccc2F)on1)N1CC[C@@H](O)C1. The number of aliphatic hydroxyl groups is 1. The van der Waals surface area contributed by atoms with Crippen molar-refractivity contribution in [2.75, 3.05) is 13.1 Å². The van der Waals surface area contributed by atoms with E-state index >= 15 is 0 Å². The molecule has 6 heteroatoms. The number of β-amino-alcohol motifs (C(OH)–C–C–N with tert-alkyl or cyclic N) is 1. The van der Waals surface area contributed by atoms with Crippen LogP contribution in [-0.2, 0) is 0 Å². The number of halogens is 1. The molecule has 0 unspecified atom stereocenters. The van der Waals surface area contributed by atoms with Gasteiger partial charge >= 0.3 is 0 Å². The molecule has 2 aromatic rings. The number of rotatable bonds is 2. The van der Waals surface area contributed by atoms with Gasteiger partial charge in [-0.25, -0.2) is 4.39 Å². The van der Waals surface area contributed by atoms with Crippen molar-refractivity contribution in [2.45, 2.75) is 12.5 Å². The molecule has 20 heavy (non-hydrogen) atoms. The van der Waals surface area contributed by atoms with Crippen LogP contribution in [0, 0.1) is 5.82 Å². The van der Waals surface area contributed by atoms with Crippen LogP contribution in [0.3, 0.4) is 0 Å². The Morgan fingerprint density at radius 3 is 2.95 bits per heavy atom. The zero-order valence-electron chi connectivity index (χ0n) is 10.6. The molecule has 2 heterocycles. The summed E-state index contributed by atoms with van der Waals surface area (Å²) in [4.78, 5) is 13.6. The van der Waals surface area contributed by atoms with Crippen LogP contribution >= 0.6 is 0 Å². The van der Waals surface area contributed by atoms with E-state index in [9.17, 15) is 14.3 Å². The standard InChI is InChI=1S/C14H13FN2O3/c15-11-4-2-1-3-10(11)13-7-12(16-20-13)14(19)17-6-5-9(18)8-17/h1-4,7,9,18H,5-6,8H2/t9-/m1/s1. The van der Waals surface area contributed by atoms with E-state index in [4.69, 9.17) is 4.52 Å². The van der Waals surface area contributed by atoms with E-state index in [1.165, 1.54) is 17.0 Å². The summed E-state index contributed by atoms with van der Waals surface area (Å²) < 4.78 is 18.7. The Bertz CT molecular complexity index is 641. The van der Waals surface area contributed by atoms with Gasteiger partial charge in [-0.1, -0.05) is 17.3 Å². The second-order valence-electron chi connectivity index (χ2n) is 4.75. The molecule has 1 saturated heterocycles. The predicted molar refractivity (Wildman–Crippen MR) is 68.4 cm³/mol. The average molecular weight is 276 g/mol. The van der Waals surface area contributed by atoms with Gasteiger partial charge in [0.15, 0.2) is 11.5 Å². The quantitative estimate of drug-likeness (QED) is 0.906. The van der Waals surface area contributed by atoms with Crippen molar-refractivity contribution in [1.29, 1.82) is 0 Å². The summed E-state index contributed by atoms with van der Waals surface area (Å²) in [5, 5.41) is 13.1. The molecule has 1 fully saturated rings. The summed E-state index contributed by atoms with van der Waals surface area (Å²) >= 11 is 0. The maximum absolute atomic E-state index is 13.6. The van der Waals surface area contributed by atoms with Crippen molar-refractivity contribution in [2.24, 2.45) is 0 Å². The summed E-state index contributed by atoms with van der Waals surface area (Å²) in [7, 11) is 0. The van der Waals surface area contributed by atoms with Gasteiger partial charge in [0.1, 0.15) is 5.82 Å². The van der Waals surface area contributed by atoms with Crippen LogP contribution < -0.4 is 0 Å². The average Bonchev–Trinajstić information content (AvgIpc) is 3.07. The number of likely N-dealkylation sites (tertiary alicyclic amines) is 1. The van der Waals surface area contributed by atoms with Crippen molar-refractivity contribution >= 4 is 5.91 Å². The van der Waals surface area contributed by atoms with Crippen LogP contribution in [0.2, 0.25) is 0 Å². The van der Waals surface area contributed by atoms with Gasteiger partial charge in [-0.15, -0.1) is 0 Å². The maximum Gasteiger partial charge on any atom is 0.276 e. The van der Waals surface area contributed by atoms with Crippen molar-refractivity contribution in [3.05, 3.63) is 41.8 Å². The van der Waals surface area contributed by atoms with Gasteiger partial charge in [0, 0.05) is 19.2 Å². The van der Waals surface area contributed by atoms with Crippen LogP contribution in [0.5, 0.6) is 0 Å². The Kier molecular flexibility index (Phi) is 3.23. The molecule has 1 aromatic carbocycles. The van der Waals surface area contributed by atoms with Gasteiger partial charge in [0.25, 0.3) is 5.91 Å². The molecule has 3 rings (SSSR count). The van der Waals surface area contributed by atoms with Crippen molar-refractivity contribution in [3.63, 3.8) is 0 Å². The molecule has 0 spiro atoms. The Morgan fingerprint density at radius 1 is 1.45 bits per heavy atom. The summed E-state index contributed by atoms with van der Waals surface area (Å²) in [6.07, 6.45) is 0.0703. The van der Waals surface area contributed by atoms with E-state index < -0.39 is 11.9 Å². The van der Waals surface area contributed by atoms with Crippen LogP contribution in [0.4, 0.5) is 4.39 Å². The minimum Gasteiger partial charge on any atom is -0.391 e. The van der Waals surface area contributed by atoms with Gasteiger partial charge < -0.3 is 14.5 Å². The summed E-state index contributed by atoms with van der Waals surface area (Å²) in [5.74, 6) is -0.529. The number of aliphatic hydroxyl groups excluding tert-OH is 1. The Labute approximate surface area is 114 Å². The molecule has 1 amide bonds. The van der Waals surface area contributed by atoms with Crippen LogP contribution in [0.15, 0.2) is 34.9 Å². The zero-order chi connectivity index (χ0) is 14.1. The fraction of sp³-hybridized carbons (Fsp3) is 0.286. The second-order valence-corrected chi connectivity index (χ2v) is 4.75. The number of nitrogens with zero attached hydrogens (tertiary/aromatic N) is 2.